The molecule has 0 fully saturated rings. The number of nitrogens with two attached hydrogens (primary N) is 1. The highest BCUT2D eigenvalue weighted by Crippen LogP contribution is 2.36. The van der Waals surface area contributed by atoms with Gasteiger partial charge in [0.25, 0.3) is 0 Å². The van der Waals surface area contributed by atoms with E-state index < -0.39 is 0 Å². The Labute approximate surface area is 126 Å². The second kappa shape index (κ2) is 6.74. The molecule has 4 nitrogen and oxygen atoms in total. The number of methoxy groups -OCH3 is 1. The van der Waals surface area contributed by atoms with Crippen LogP contribution in [0.5, 0.6) is 17.2 Å². The zero-order valence-electron chi connectivity index (χ0n) is 11.1. The summed E-state index contributed by atoms with van der Waals surface area (Å²) in [4.78, 5) is 0. The van der Waals surface area contributed by atoms with Crippen molar-refractivity contribution in [1.82, 2.24) is 0 Å². The van der Waals surface area contributed by atoms with Crippen molar-refractivity contribution in [1.29, 1.82) is 0 Å². The van der Waals surface area contributed by atoms with Gasteiger partial charge >= 0.3 is 0 Å². The third-order valence-corrected chi connectivity index (χ3v) is 3.48. The minimum absolute atomic E-state index is 0.0362. The maximum atomic E-state index is 9.12. The van der Waals surface area contributed by atoms with Gasteiger partial charge in [-0.2, -0.15) is 0 Å². The van der Waals surface area contributed by atoms with Gasteiger partial charge in [0.15, 0.2) is 11.5 Å². The largest absolute Gasteiger partial charge is 0.493 e. The van der Waals surface area contributed by atoms with Crippen LogP contribution in [0, 0.1) is 0 Å². The molecule has 0 atom stereocenters. The van der Waals surface area contributed by atoms with E-state index in [0.717, 1.165) is 15.6 Å². The van der Waals surface area contributed by atoms with E-state index in [1.165, 1.54) is 0 Å². The quantitative estimate of drug-likeness (QED) is 0.879. The highest BCUT2D eigenvalue weighted by Gasteiger charge is 2.09. The lowest BCUT2D eigenvalue weighted by molar-refractivity contribution is 0.280. The van der Waals surface area contributed by atoms with Crippen molar-refractivity contribution in [3.8, 4) is 17.2 Å². The Kier molecular flexibility index (Phi) is 5.00. The minimum atomic E-state index is -0.0362. The molecule has 2 rings (SSSR count). The van der Waals surface area contributed by atoms with Gasteiger partial charge in [0.1, 0.15) is 5.75 Å². The molecule has 0 spiro atoms. The molecule has 0 saturated carbocycles. The van der Waals surface area contributed by atoms with Crippen LogP contribution >= 0.6 is 15.9 Å². The highest BCUT2D eigenvalue weighted by atomic mass is 79.9. The summed E-state index contributed by atoms with van der Waals surface area (Å²) in [7, 11) is 1.57. The summed E-state index contributed by atoms with van der Waals surface area (Å²) in [6.07, 6.45) is 0. The van der Waals surface area contributed by atoms with Crippen molar-refractivity contribution in [2.24, 2.45) is 5.73 Å². The fourth-order valence-electron chi connectivity index (χ4n) is 1.77. The van der Waals surface area contributed by atoms with E-state index in [2.05, 4.69) is 15.9 Å². The number of hydrogen-bond acceptors (Lipinski definition) is 4. The van der Waals surface area contributed by atoms with Crippen LogP contribution in [0.25, 0.3) is 0 Å². The molecule has 5 heteroatoms. The molecule has 0 saturated heterocycles. The van der Waals surface area contributed by atoms with Crippen molar-refractivity contribution >= 4 is 15.9 Å². The molecule has 0 aliphatic rings. The Morgan fingerprint density at radius 1 is 1.05 bits per heavy atom. The number of halogens is 1. The average Bonchev–Trinajstić information content (AvgIpc) is 2.49. The number of benzene rings is 2. The third-order valence-electron chi connectivity index (χ3n) is 2.86. The molecular formula is C15H16BrNO3. The summed E-state index contributed by atoms with van der Waals surface area (Å²) in [6.45, 7) is 0.443. The Morgan fingerprint density at radius 3 is 2.35 bits per heavy atom. The van der Waals surface area contributed by atoms with Crippen LogP contribution in [0.1, 0.15) is 11.1 Å². The Hall–Kier alpha value is -1.56. The second-order valence-corrected chi connectivity index (χ2v) is 5.07. The van der Waals surface area contributed by atoms with Crippen molar-refractivity contribution in [3.63, 3.8) is 0 Å². The molecule has 0 aliphatic heterocycles. The van der Waals surface area contributed by atoms with Crippen LogP contribution < -0.4 is 15.2 Å². The Balaban J connectivity index is 2.29. The van der Waals surface area contributed by atoms with Crippen molar-refractivity contribution < 1.29 is 14.6 Å². The zero-order chi connectivity index (χ0) is 14.5. The van der Waals surface area contributed by atoms with E-state index in [1.54, 1.807) is 25.3 Å². The predicted octanol–water partition coefficient (Wildman–Crippen LogP) is 3.20. The lowest BCUT2D eigenvalue weighted by Crippen LogP contribution is -1.97. The first-order valence-electron chi connectivity index (χ1n) is 6.12. The van der Waals surface area contributed by atoms with E-state index in [9.17, 15) is 0 Å². The SMILES string of the molecule is COc1cc(CO)ccc1Oc1ccc(CN)cc1Br. The van der Waals surface area contributed by atoms with Gasteiger partial charge in [0, 0.05) is 6.54 Å². The summed E-state index contributed by atoms with van der Waals surface area (Å²) < 4.78 is 11.9. The van der Waals surface area contributed by atoms with Crippen LogP contribution in [0.4, 0.5) is 0 Å². The maximum absolute atomic E-state index is 9.12. The number of ether oxygens (including phenoxy) is 2. The minimum Gasteiger partial charge on any atom is -0.493 e. The molecule has 0 aromatic heterocycles. The summed E-state index contributed by atoms with van der Waals surface area (Å²) in [5.41, 5.74) is 7.38. The fourth-order valence-corrected chi connectivity index (χ4v) is 2.27. The fraction of sp³-hybridized carbons (Fsp3) is 0.200. The molecule has 2 aromatic rings. The summed E-state index contributed by atoms with van der Waals surface area (Å²) in [5.74, 6) is 1.84. The molecular weight excluding hydrogens is 322 g/mol. The van der Waals surface area contributed by atoms with Gasteiger partial charge in [-0.25, -0.2) is 0 Å². The number of rotatable bonds is 5. The highest BCUT2D eigenvalue weighted by molar-refractivity contribution is 9.10. The van der Waals surface area contributed by atoms with E-state index in [-0.39, 0.29) is 6.61 Å². The number of hydrogen-bond donors (Lipinski definition) is 2. The molecule has 106 valence electrons. The van der Waals surface area contributed by atoms with Crippen LogP contribution in [0.15, 0.2) is 40.9 Å². The van der Waals surface area contributed by atoms with Gasteiger partial charge in [-0.05, 0) is 51.3 Å². The molecule has 0 unspecified atom stereocenters. The van der Waals surface area contributed by atoms with Crippen LogP contribution in [0.3, 0.4) is 0 Å². The van der Waals surface area contributed by atoms with Gasteiger partial charge in [-0.3, -0.25) is 0 Å². The molecule has 0 heterocycles. The van der Waals surface area contributed by atoms with Gasteiger partial charge in [0.05, 0.1) is 18.2 Å². The first-order valence-corrected chi connectivity index (χ1v) is 6.91. The molecule has 3 N–H and O–H groups in total. The van der Waals surface area contributed by atoms with Gasteiger partial charge in [0.2, 0.25) is 0 Å². The van der Waals surface area contributed by atoms with E-state index in [0.29, 0.717) is 23.8 Å². The van der Waals surface area contributed by atoms with E-state index >= 15 is 0 Å². The lowest BCUT2D eigenvalue weighted by atomic mass is 10.2. The molecule has 0 amide bonds. The van der Waals surface area contributed by atoms with Crippen LogP contribution in [0.2, 0.25) is 0 Å². The van der Waals surface area contributed by atoms with Gasteiger partial charge in [-0.1, -0.05) is 12.1 Å². The predicted molar refractivity (Wildman–Crippen MR) is 81.0 cm³/mol. The third kappa shape index (κ3) is 3.30. The Morgan fingerprint density at radius 2 is 1.75 bits per heavy atom. The second-order valence-electron chi connectivity index (χ2n) is 4.21. The van der Waals surface area contributed by atoms with E-state index in [4.69, 9.17) is 20.3 Å². The van der Waals surface area contributed by atoms with Crippen molar-refractivity contribution in [3.05, 3.63) is 52.0 Å². The normalized spacial score (nSPS) is 10.4. The average molecular weight is 338 g/mol. The molecule has 0 bridgehead atoms. The first kappa shape index (κ1) is 14.8. The topological polar surface area (TPSA) is 64.7 Å². The molecule has 0 aliphatic carbocycles. The summed E-state index contributed by atoms with van der Waals surface area (Å²) >= 11 is 3.46. The monoisotopic (exact) mass is 337 g/mol. The Bertz CT molecular complexity index is 602. The summed E-state index contributed by atoms with van der Waals surface area (Å²) in [6, 6.07) is 11.0. The van der Waals surface area contributed by atoms with Gasteiger partial charge < -0.3 is 20.3 Å². The number of aliphatic hydroxyl groups excluding tert-OH is 1. The smallest absolute Gasteiger partial charge is 0.169 e. The molecule has 20 heavy (non-hydrogen) atoms. The maximum Gasteiger partial charge on any atom is 0.169 e. The lowest BCUT2D eigenvalue weighted by Gasteiger charge is -2.13. The molecule has 0 radical (unpaired) electrons. The van der Waals surface area contributed by atoms with Gasteiger partial charge in [-0.15, -0.1) is 0 Å². The summed E-state index contributed by atoms with van der Waals surface area (Å²) in [5, 5.41) is 9.12. The van der Waals surface area contributed by atoms with E-state index in [1.807, 2.05) is 18.2 Å². The van der Waals surface area contributed by atoms with Crippen LogP contribution in [-0.4, -0.2) is 12.2 Å². The van der Waals surface area contributed by atoms with Crippen molar-refractivity contribution in [2.45, 2.75) is 13.2 Å². The first-order chi connectivity index (χ1) is 9.67. The molecule has 2 aromatic carbocycles. The zero-order valence-corrected chi connectivity index (χ0v) is 12.7. The van der Waals surface area contributed by atoms with Crippen LogP contribution in [-0.2, 0) is 13.2 Å². The standard InChI is InChI=1S/C15H16BrNO3/c1-19-15-7-11(9-18)3-5-14(15)20-13-4-2-10(8-17)6-12(13)16/h2-7,18H,8-9,17H2,1H3. The number of aliphatic hydroxyl groups is 1. The van der Waals surface area contributed by atoms with Crippen molar-refractivity contribution in [2.75, 3.05) is 7.11 Å².